The molecule has 0 heterocycles. The van der Waals surface area contributed by atoms with Gasteiger partial charge in [0, 0.05) is 19.0 Å². The Labute approximate surface area is 75.5 Å². The predicted molar refractivity (Wildman–Crippen MR) is 52.7 cm³/mol. The lowest BCUT2D eigenvalue weighted by molar-refractivity contribution is 0.389. The summed E-state index contributed by atoms with van der Waals surface area (Å²) in [6, 6.07) is 0.726. The highest BCUT2D eigenvalue weighted by Gasteiger charge is 2.29. The van der Waals surface area contributed by atoms with E-state index in [0.29, 0.717) is 0 Å². The zero-order chi connectivity index (χ0) is 8.97. The summed E-state index contributed by atoms with van der Waals surface area (Å²) in [4.78, 5) is 2.30. The topological polar surface area (TPSA) is 27.1 Å². The average molecular weight is 168 g/mol. The Morgan fingerprint density at radius 1 is 1.42 bits per heavy atom. The largest absolute Gasteiger partial charge is 0.358 e. The molecule has 0 radical (unpaired) electrons. The summed E-state index contributed by atoms with van der Waals surface area (Å²) >= 11 is 0. The number of hydrogen-bond acceptors (Lipinski definition) is 1. The van der Waals surface area contributed by atoms with E-state index in [2.05, 4.69) is 18.7 Å². The lowest BCUT2D eigenvalue weighted by Crippen LogP contribution is -2.32. The maximum atomic E-state index is 7.77. The van der Waals surface area contributed by atoms with Crippen LogP contribution in [0.15, 0.2) is 0 Å². The van der Waals surface area contributed by atoms with E-state index in [1.165, 1.54) is 25.7 Å². The highest BCUT2D eigenvalue weighted by Crippen LogP contribution is 2.27. The van der Waals surface area contributed by atoms with Gasteiger partial charge in [0.15, 0.2) is 0 Å². The van der Waals surface area contributed by atoms with Crippen LogP contribution in [-0.4, -0.2) is 23.3 Å². The Hall–Kier alpha value is -0.530. The second-order valence-electron chi connectivity index (χ2n) is 3.58. The van der Waals surface area contributed by atoms with Crippen LogP contribution in [0.2, 0.25) is 0 Å². The molecular formula is C10H20N2. The fourth-order valence-electron chi connectivity index (χ4n) is 1.46. The van der Waals surface area contributed by atoms with Crippen molar-refractivity contribution in [2.75, 3.05) is 6.54 Å². The van der Waals surface area contributed by atoms with E-state index in [-0.39, 0.29) is 0 Å². The quantitative estimate of drug-likeness (QED) is 0.496. The van der Waals surface area contributed by atoms with Crippen LogP contribution < -0.4 is 0 Å². The van der Waals surface area contributed by atoms with Crippen LogP contribution in [0.25, 0.3) is 0 Å². The SMILES string of the molecule is CCCCN(C(=N)CC)C1CC1. The summed E-state index contributed by atoms with van der Waals surface area (Å²) < 4.78 is 0. The minimum absolute atomic E-state index is 0.726. The zero-order valence-electron chi connectivity index (χ0n) is 8.27. The van der Waals surface area contributed by atoms with E-state index >= 15 is 0 Å². The molecule has 0 spiro atoms. The monoisotopic (exact) mass is 168 g/mol. The van der Waals surface area contributed by atoms with Crippen molar-refractivity contribution < 1.29 is 0 Å². The second kappa shape index (κ2) is 4.48. The summed E-state index contributed by atoms with van der Waals surface area (Å²) in [6.45, 7) is 5.39. The molecule has 0 aromatic rings. The van der Waals surface area contributed by atoms with Crippen molar-refractivity contribution in [1.29, 1.82) is 5.41 Å². The molecule has 0 saturated heterocycles. The standard InChI is InChI=1S/C10H20N2/c1-3-5-8-12(9-6-7-9)10(11)4-2/h9,11H,3-8H2,1-2H3. The van der Waals surface area contributed by atoms with Gasteiger partial charge in [0.05, 0.1) is 5.84 Å². The Balaban J connectivity index is 2.32. The molecule has 0 aromatic carbocycles. The van der Waals surface area contributed by atoms with E-state index in [9.17, 15) is 0 Å². The van der Waals surface area contributed by atoms with E-state index in [0.717, 1.165) is 24.8 Å². The van der Waals surface area contributed by atoms with Gasteiger partial charge < -0.3 is 4.90 Å². The van der Waals surface area contributed by atoms with E-state index in [4.69, 9.17) is 5.41 Å². The van der Waals surface area contributed by atoms with Gasteiger partial charge in [0.25, 0.3) is 0 Å². The molecule has 0 aromatic heterocycles. The lowest BCUT2D eigenvalue weighted by Gasteiger charge is -2.24. The van der Waals surface area contributed by atoms with Gasteiger partial charge in [-0.15, -0.1) is 0 Å². The molecule has 2 nitrogen and oxygen atoms in total. The summed E-state index contributed by atoms with van der Waals surface area (Å²) in [5.74, 6) is 0.839. The Bertz CT molecular complexity index is 150. The lowest BCUT2D eigenvalue weighted by atomic mass is 10.3. The summed E-state index contributed by atoms with van der Waals surface area (Å²) in [7, 11) is 0. The third-order valence-corrected chi connectivity index (χ3v) is 2.42. The van der Waals surface area contributed by atoms with Gasteiger partial charge in [-0.05, 0) is 19.3 Å². The number of nitrogens with one attached hydrogen (secondary N) is 1. The molecule has 0 aliphatic heterocycles. The van der Waals surface area contributed by atoms with Gasteiger partial charge in [0.2, 0.25) is 0 Å². The molecule has 1 aliphatic carbocycles. The molecule has 0 unspecified atom stereocenters. The number of hydrogen-bond donors (Lipinski definition) is 1. The van der Waals surface area contributed by atoms with Crippen molar-refractivity contribution in [2.24, 2.45) is 0 Å². The van der Waals surface area contributed by atoms with Crippen molar-refractivity contribution in [3.05, 3.63) is 0 Å². The number of unbranched alkanes of at least 4 members (excludes halogenated alkanes) is 1. The van der Waals surface area contributed by atoms with E-state index in [1.54, 1.807) is 0 Å². The predicted octanol–water partition coefficient (Wildman–Crippen LogP) is 2.64. The molecule has 1 rings (SSSR count). The minimum Gasteiger partial charge on any atom is -0.358 e. The molecule has 0 bridgehead atoms. The molecule has 1 saturated carbocycles. The molecule has 0 amide bonds. The number of nitrogens with zero attached hydrogens (tertiary/aromatic N) is 1. The highest BCUT2D eigenvalue weighted by molar-refractivity contribution is 5.79. The van der Waals surface area contributed by atoms with E-state index in [1.807, 2.05) is 0 Å². The average Bonchev–Trinajstić information content (AvgIpc) is 2.88. The first kappa shape index (κ1) is 9.56. The van der Waals surface area contributed by atoms with Crippen LogP contribution in [-0.2, 0) is 0 Å². The van der Waals surface area contributed by atoms with Crippen LogP contribution >= 0.6 is 0 Å². The molecule has 70 valence electrons. The highest BCUT2D eigenvalue weighted by atomic mass is 15.2. The first-order chi connectivity index (χ1) is 5.79. The van der Waals surface area contributed by atoms with Crippen molar-refractivity contribution in [1.82, 2.24) is 4.90 Å². The first-order valence-corrected chi connectivity index (χ1v) is 5.13. The molecule has 0 atom stereocenters. The van der Waals surface area contributed by atoms with Gasteiger partial charge in [-0.3, -0.25) is 5.41 Å². The van der Waals surface area contributed by atoms with E-state index < -0.39 is 0 Å². The van der Waals surface area contributed by atoms with Crippen molar-refractivity contribution >= 4 is 5.84 Å². The molecular weight excluding hydrogens is 148 g/mol. The molecule has 12 heavy (non-hydrogen) atoms. The van der Waals surface area contributed by atoms with Gasteiger partial charge in [-0.25, -0.2) is 0 Å². The Kier molecular flexibility index (Phi) is 3.57. The van der Waals surface area contributed by atoms with Crippen LogP contribution in [0.3, 0.4) is 0 Å². The summed E-state index contributed by atoms with van der Waals surface area (Å²) in [6.07, 6.45) is 5.98. The fraction of sp³-hybridized carbons (Fsp3) is 0.900. The Morgan fingerprint density at radius 3 is 2.50 bits per heavy atom. The third-order valence-electron chi connectivity index (χ3n) is 2.42. The normalized spacial score (nSPS) is 16.2. The molecule has 2 heteroatoms. The van der Waals surface area contributed by atoms with Crippen LogP contribution in [0.4, 0.5) is 0 Å². The van der Waals surface area contributed by atoms with Crippen LogP contribution in [0, 0.1) is 5.41 Å². The third kappa shape index (κ3) is 2.50. The van der Waals surface area contributed by atoms with Gasteiger partial charge in [-0.2, -0.15) is 0 Å². The summed E-state index contributed by atoms with van der Waals surface area (Å²) in [5, 5.41) is 7.77. The number of amidine groups is 1. The zero-order valence-corrected chi connectivity index (χ0v) is 8.27. The molecule has 1 fully saturated rings. The number of rotatable bonds is 5. The van der Waals surface area contributed by atoms with Crippen molar-refractivity contribution in [2.45, 2.75) is 52.0 Å². The molecule has 1 N–H and O–H groups in total. The second-order valence-corrected chi connectivity index (χ2v) is 3.58. The molecule has 1 aliphatic rings. The van der Waals surface area contributed by atoms with Gasteiger partial charge in [0.1, 0.15) is 0 Å². The van der Waals surface area contributed by atoms with Gasteiger partial charge in [-0.1, -0.05) is 20.3 Å². The Morgan fingerprint density at radius 2 is 2.08 bits per heavy atom. The van der Waals surface area contributed by atoms with Gasteiger partial charge >= 0.3 is 0 Å². The van der Waals surface area contributed by atoms with Crippen LogP contribution in [0.1, 0.15) is 46.0 Å². The van der Waals surface area contributed by atoms with Crippen LogP contribution in [0.5, 0.6) is 0 Å². The minimum atomic E-state index is 0.726. The smallest absolute Gasteiger partial charge is 0.0957 e. The van der Waals surface area contributed by atoms with Crippen molar-refractivity contribution in [3.63, 3.8) is 0 Å². The first-order valence-electron chi connectivity index (χ1n) is 5.13. The summed E-state index contributed by atoms with van der Waals surface area (Å²) in [5.41, 5.74) is 0. The fourth-order valence-corrected chi connectivity index (χ4v) is 1.46. The maximum Gasteiger partial charge on any atom is 0.0957 e. The maximum absolute atomic E-state index is 7.77. The van der Waals surface area contributed by atoms with Crippen molar-refractivity contribution in [3.8, 4) is 0 Å².